The number of fused-ring (bicyclic) bond motifs is 1. The van der Waals surface area contributed by atoms with Gasteiger partial charge < -0.3 is 5.32 Å². The third-order valence-corrected chi connectivity index (χ3v) is 2.94. The first kappa shape index (κ1) is 12.6. The van der Waals surface area contributed by atoms with Gasteiger partial charge in [0.05, 0.1) is 6.20 Å². The van der Waals surface area contributed by atoms with Crippen molar-refractivity contribution in [2.75, 3.05) is 5.32 Å². The maximum Gasteiger partial charge on any atom is 0.296 e. The molecule has 7 nitrogen and oxygen atoms in total. The number of anilines is 1. The highest BCUT2D eigenvalue weighted by atomic mass is 16.2. The van der Waals surface area contributed by atoms with Gasteiger partial charge in [-0.05, 0) is 12.1 Å². The first-order valence-corrected chi connectivity index (χ1v) is 6.06. The number of H-pyrrole nitrogens is 1. The van der Waals surface area contributed by atoms with Crippen molar-refractivity contribution in [1.82, 2.24) is 14.6 Å². The molecule has 1 amide bonds. The predicted molar refractivity (Wildman–Crippen MR) is 74.9 cm³/mol. The van der Waals surface area contributed by atoms with Gasteiger partial charge in [-0.25, -0.2) is 4.98 Å². The third-order valence-electron chi connectivity index (χ3n) is 2.94. The maximum absolute atomic E-state index is 12.2. The number of hydrogen-bond acceptors (Lipinski definition) is 4. The minimum absolute atomic E-state index is 0.0349. The summed E-state index contributed by atoms with van der Waals surface area (Å²) in [6, 6.07) is 10.5. The average Bonchev–Trinajstić information content (AvgIpc) is 2.94. The monoisotopic (exact) mass is 279 g/mol. The number of nitrogens with one attached hydrogen (secondary N) is 2. The van der Waals surface area contributed by atoms with Crippen LogP contribution in [0.1, 0.15) is 15.9 Å². The molecular formula is C14H9N5O2. The van der Waals surface area contributed by atoms with Crippen molar-refractivity contribution in [2.45, 2.75) is 0 Å². The third kappa shape index (κ3) is 2.15. The van der Waals surface area contributed by atoms with Crippen LogP contribution >= 0.6 is 0 Å². The largest absolute Gasteiger partial charge is 0.316 e. The number of aromatic amines is 1. The molecule has 2 heterocycles. The van der Waals surface area contributed by atoms with E-state index in [2.05, 4.69) is 15.4 Å². The highest BCUT2D eigenvalue weighted by Crippen LogP contribution is 2.08. The van der Waals surface area contributed by atoms with Gasteiger partial charge in [-0.3, -0.25) is 14.7 Å². The molecule has 3 rings (SSSR count). The van der Waals surface area contributed by atoms with Gasteiger partial charge in [-0.2, -0.15) is 9.78 Å². The lowest BCUT2D eigenvalue weighted by Crippen LogP contribution is -2.23. The number of nitrogens with zero attached hydrogens (tertiary/aromatic N) is 3. The smallest absolute Gasteiger partial charge is 0.296 e. The van der Waals surface area contributed by atoms with Crippen LogP contribution < -0.4 is 10.9 Å². The molecule has 0 aliphatic carbocycles. The molecule has 0 fully saturated rings. The molecule has 0 atom stereocenters. The van der Waals surface area contributed by atoms with Crippen molar-refractivity contribution in [3.63, 3.8) is 0 Å². The molecule has 2 N–H and O–H groups in total. The molecule has 2 aromatic heterocycles. The number of aromatic nitrogens is 3. The zero-order valence-electron chi connectivity index (χ0n) is 10.7. The second kappa shape index (κ2) is 4.94. The number of benzene rings is 1. The van der Waals surface area contributed by atoms with Crippen LogP contribution in [0, 0.1) is 11.3 Å². The standard InChI is InChI=1S/C14H9N5O2/c15-6-10-7-17-19-12(10)16-8-11(14(19)21)18-13(20)9-4-2-1-3-5-9/h1-5,7-8,17H,(H,18,20). The van der Waals surface area contributed by atoms with Gasteiger partial charge in [0.2, 0.25) is 0 Å². The molecule has 0 saturated carbocycles. The Balaban J connectivity index is 1.99. The molecule has 3 aromatic rings. The van der Waals surface area contributed by atoms with Crippen molar-refractivity contribution >= 4 is 17.2 Å². The van der Waals surface area contributed by atoms with E-state index in [1.165, 1.54) is 12.4 Å². The van der Waals surface area contributed by atoms with E-state index in [0.717, 1.165) is 4.52 Å². The summed E-state index contributed by atoms with van der Waals surface area (Å²) >= 11 is 0. The predicted octanol–water partition coefficient (Wildman–Crippen LogP) is 1.15. The Hall–Kier alpha value is -3.40. The Morgan fingerprint density at radius 3 is 2.81 bits per heavy atom. The normalized spacial score (nSPS) is 10.2. The Morgan fingerprint density at radius 1 is 1.33 bits per heavy atom. The van der Waals surface area contributed by atoms with E-state index in [4.69, 9.17) is 5.26 Å². The van der Waals surface area contributed by atoms with Crippen LogP contribution in [0.5, 0.6) is 0 Å². The second-order valence-corrected chi connectivity index (χ2v) is 4.26. The Labute approximate surface area is 118 Å². The highest BCUT2D eigenvalue weighted by Gasteiger charge is 2.12. The first-order chi connectivity index (χ1) is 10.2. The minimum Gasteiger partial charge on any atom is -0.316 e. The summed E-state index contributed by atoms with van der Waals surface area (Å²) in [5.41, 5.74) is 0.470. The lowest BCUT2D eigenvalue weighted by atomic mass is 10.2. The van der Waals surface area contributed by atoms with E-state index >= 15 is 0 Å². The Morgan fingerprint density at radius 2 is 2.10 bits per heavy atom. The van der Waals surface area contributed by atoms with Crippen LogP contribution in [-0.2, 0) is 0 Å². The van der Waals surface area contributed by atoms with Crippen molar-refractivity contribution in [3.05, 3.63) is 64.2 Å². The van der Waals surface area contributed by atoms with E-state index in [0.29, 0.717) is 5.56 Å². The first-order valence-electron chi connectivity index (χ1n) is 6.06. The minimum atomic E-state index is -0.481. The molecule has 0 aliphatic heterocycles. The van der Waals surface area contributed by atoms with Gasteiger partial charge in [0.15, 0.2) is 5.65 Å². The molecular weight excluding hydrogens is 270 g/mol. The zero-order chi connectivity index (χ0) is 14.8. The van der Waals surface area contributed by atoms with Gasteiger partial charge in [0.25, 0.3) is 11.5 Å². The topological polar surface area (TPSA) is 103 Å². The number of hydrogen-bond donors (Lipinski definition) is 2. The quantitative estimate of drug-likeness (QED) is 0.734. The van der Waals surface area contributed by atoms with Crippen LogP contribution in [0.2, 0.25) is 0 Å². The number of amides is 1. The van der Waals surface area contributed by atoms with Crippen LogP contribution in [0.4, 0.5) is 5.69 Å². The van der Waals surface area contributed by atoms with Crippen LogP contribution in [0.3, 0.4) is 0 Å². The summed E-state index contributed by atoms with van der Waals surface area (Å²) in [7, 11) is 0. The summed E-state index contributed by atoms with van der Waals surface area (Å²) in [6.07, 6.45) is 2.62. The van der Waals surface area contributed by atoms with Crippen molar-refractivity contribution in [2.24, 2.45) is 0 Å². The molecule has 0 radical (unpaired) electrons. The highest BCUT2D eigenvalue weighted by molar-refractivity contribution is 6.04. The van der Waals surface area contributed by atoms with Crippen molar-refractivity contribution in [1.29, 1.82) is 5.26 Å². The van der Waals surface area contributed by atoms with E-state index in [9.17, 15) is 9.59 Å². The van der Waals surface area contributed by atoms with Crippen molar-refractivity contribution in [3.8, 4) is 6.07 Å². The summed E-state index contributed by atoms with van der Waals surface area (Å²) in [6.45, 7) is 0. The van der Waals surface area contributed by atoms with Crippen LogP contribution in [0.15, 0.2) is 47.5 Å². The molecule has 0 aliphatic rings. The Bertz CT molecular complexity index is 918. The van der Waals surface area contributed by atoms with E-state index in [-0.39, 0.29) is 16.9 Å². The number of carbonyl (C=O) groups excluding carboxylic acids is 1. The van der Waals surface area contributed by atoms with Gasteiger partial charge in [0.1, 0.15) is 17.3 Å². The summed E-state index contributed by atoms with van der Waals surface area (Å²) in [5, 5.41) is 14.0. The molecule has 0 bridgehead atoms. The van der Waals surface area contributed by atoms with Crippen LogP contribution in [-0.4, -0.2) is 20.5 Å². The molecule has 0 spiro atoms. The van der Waals surface area contributed by atoms with E-state index in [1.807, 2.05) is 6.07 Å². The van der Waals surface area contributed by atoms with Crippen LogP contribution in [0.25, 0.3) is 5.65 Å². The SMILES string of the molecule is N#Cc1c[nH]n2c(=O)c(NC(=O)c3ccccc3)cnc12. The average molecular weight is 279 g/mol. The fourth-order valence-corrected chi connectivity index (χ4v) is 1.91. The number of rotatable bonds is 2. The summed E-state index contributed by atoms with van der Waals surface area (Å²) < 4.78 is 1.11. The maximum atomic E-state index is 12.2. The molecule has 1 aromatic carbocycles. The van der Waals surface area contributed by atoms with Gasteiger partial charge in [-0.15, -0.1) is 0 Å². The summed E-state index contributed by atoms with van der Waals surface area (Å²) in [4.78, 5) is 28.2. The lowest BCUT2D eigenvalue weighted by molar-refractivity contribution is 0.102. The molecule has 102 valence electrons. The molecule has 0 unspecified atom stereocenters. The number of carbonyl (C=O) groups is 1. The molecule has 21 heavy (non-hydrogen) atoms. The summed E-state index contributed by atoms with van der Waals surface area (Å²) in [5.74, 6) is -0.401. The fourth-order valence-electron chi connectivity index (χ4n) is 1.91. The lowest BCUT2D eigenvalue weighted by Gasteiger charge is -2.04. The van der Waals surface area contributed by atoms with E-state index in [1.54, 1.807) is 30.3 Å². The van der Waals surface area contributed by atoms with Gasteiger partial charge in [0, 0.05) is 11.8 Å². The number of nitriles is 1. The zero-order valence-corrected chi connectivity index (χ0v) is 10.7. The Kier molecular flexibility index (Phi) is 2.97. The fraction of sp³-hybridized carbons (Fsp3) is 0. The van der Waals surface area contributed by atoms with Gasteiger partial charge in [-0.1, -0.05) is 18.2 Å². The van der Waals surface area contributed by atoms with Crippen molar-refractivity contribution < 1.29 is 4.79 Å². The second-order valence-electron chi connectivity index (χ2n) is 4.26. The van der Waals surface area contributed by atoms with Gasteiger partial charge >= 0.3 is 0 Å². The molecule has 0 saturated heterocycles. The van der Waals surface area contributed by atoms with E-state index < -0.39 is 11.5 Å². The molecule has 7 heteroatoms.